The summed E-state index contributed by atoms with van der Waals surface area (Å²) in [6.07, 6.45) is 3.80. The summed E-state index contributed by atoms with van der Waals surface area (Å²) in [7, 11) is 1.37. The van der Waals surface area contributed by atoms with Gasteiger partial charge in [0.1, 0.15) is 0 Å². The van der Waals surface area contributed by atoms with E-state index < -0.39 is 18.3 Å². The largest absolute Gasteiger partial charge is 0.449 e. The second-order valence-electron chi connectivity index (χ2n) is 4.38. The molecule has 0 aromatic heterocycles. The minimum atomic E-state index is -0.938. The van der Waals surface area contributed by atoms with Crippen LogP contribution < -0.4 is 5.32 Å². The van der Waals surface area contributed by atoms with E-state index in [1.165, 1.54) is 13.5 Å². The zero-order valence-corrected chi connectivity index (χ0v) is 9.40. The van der Waals surface area contributed by atoms with Crippen LogP contribution in [0.4, 0.5) is 0 Å². The summed E-state index contributed by atoms with van der Waals surface area (Å²) < 4.78 is 9.97. The highest BCUT2D eigenvalue weighted by Crippen LogP contribution is 2.29. The van der Waals surface area contributed by atoms with E-state index in [4.69, 9.17) is 9.47 Å². The Balaban J connectivity index is 2.00. The maximum atomic E-state index is 11.7. The van der Waals surface area contributed by atoms with Crippen molar-refractivity contribution in [1.29, 1.82) is 0 Å². The molecule has 1 aliphatic carbocycles. The monoisotopic (exact) mass is 227 g/mol. The number of hydrogen-bond acceptors (Lipinski definition) is 4. The lowest BCUT2D eigenvalue weighted by Gasteiger charge is -2.33. The van der Waals surface area contributed by atoms with Gasteiger partial charge in [-0.15, -0.1) is 0 Å². The number of ether oxygens (including phenoxy) is 2. The highest BCUT2D eigenvalue weighted by Gasteiger charge is 2.40. The third kappa shape index (κ3) is 2.19. The van der Waals surface area contributed by atoms with Crippen molar-refractivity contribution >= 4 is 11.9 Å². The molecular weight excluding hydrogens is 210 g/mol. The average molecular weight is 227 g/mol. The molecule has 1 aliphatic heterocycles. The van der Waals surface area contributed by atoms with Crippen LogP contribution in [0.25, 0.3) is 0 Å². The molecular formula is C11H17NO4. The number of rotatable bonds is 2. The molecule has 2 fully saturated rings. The topological polar surface area (TPSA) is 64.6 Å². The van der Waals surface area contributed by atoms with Gasteiger partial charge in [0.25, 0.3) is 5.91 Å². The SMILES string of the molecule is CO[C@@H]1NC(=O)[C@H](C2CCCCC2)OC1=O. The molecule has 1 saturated carbocycles. The van der Waals surface area contributed by atoms with Gasteiger partial charge < -0.3 is 14.8 Å². The van der Waals surface area contributed by atoms with Gasteiger partial charge in [-0.05, 0) is 12.8 Å². The standard InChI is InChI=1S/C11H17NO4/c1-15-10-11(14)16-8(9(13)12-10)7-5-3-2-4-6-7/h7-8,10H,2-6H2,1H3,(H,12,13)/t8-,10-/m0/s1. The maximum Gasteiger partial charge on any atom is 0.357 e. The lowest BCUT2D eigenvalue weighted by Crippen LogP contribution is -2.57. The van der Waals surface area contributed by atoms with E-state index in [1.807, 2.05) is 0 Å². The Bertz CT molecular complexity index is 286. The van der Waals surface area contributed by atoms with Crippen molar-refractivity contribution in [3.05, 3.63) is 0 Å². The number of morpholine rings is 1. The molecule has 0 bridgehead atoms. The van der Waals surface area contributed by atoms with Gasteiger partial charge >= 0.3 is 5.97 Å². The predicted molar refractivity (Wildman–Crippen MR) is 55.4 cm³/mol. The molecule has 1 N–H and O–H groups in total. The molecule has 90 valence electrons. The van der Waals surface area contributed by atoms with Crippen LogP contribution in [-0.2, 0) is 19.1 Å². The zero-order chi connectivity index (χ0) is 11.5. The Morgan fingerprint density at radius 1 is 1.25 bits per heavy atom. The number of carbonyl (C=O) groups is 2. The third-order valence-corrected chi connectivity index (χ3v) is 3.30. The number of hydrogen-bond donors (Lipinski definition) is 1. The van der Waals surface area contributed by atoms with Crippen molar-refractivity contribution in [3.63, 3.8) is 0 Å². The summed E-state index contributed by atoms with van der Waals surface area (Å²) in [6.45, 7) is 0. The van der Waals surface area contributed by atoms with E-state index in [9.17, 15) is 9.59 Å². The van der Waals surface area contributed by atoms with Crippen molar-refractivity contribution in [2.45, 2.75) is 44.4 Å². The smallest absolute Gasteiger partial charge is 0.357 e. The van der Waals surface area contributed by atoms with Crippen LogP contribution in [0.15, 0.2) is 0 Å². The molecule has 2 rings (SSSR count). The number of cyclic esters (lactones) is 1. The third-order valence-electron chi connectivity index (χ3n) is 3.30. The first kappa shape index (κ1) is 11.4. The average Bonchev–Trinajstić information content (AvgIpc) is 2.32. The lowest BCUT2D eigenvalue weighted by atomic mass is 9.84. The molecule has 1 amide bonds. The molecule has 16 heavy (non-hydrogen) atoms. The van der Waals surface area contributed by atoms with Gasteiger partial charge in [0.2, 0.25) is 6.23 Å². The second-order valence-corrected chi connectivity index (χ2v) is 4.38. The van der Waals surface area contributed by atoms with E-state index >= 15 is 0 Å². The van der Waals surface area contributed by atoms with E-state index in [1.54, 1.807) is 0 Å². The van der Waals surface area contributed by atoms with Gasteiger partial charge in [-0.1, -0.05) is 19.3 Å². The summed E-state index contributed by atoms with van der Waals surface area (Å²) >= 11 is 0. The van der Waals surface area contributed by atoms with Crippen LogP contribution in [-0.4, -0.2) is 31.3 Å². The van der Waals surface area contributed by atoms with Crippen molar-refractivity contribution in [2.24, 2.45) is 5.92 Å². The van der Waals surface area contributed by atoms with Gasteiger partial charge in [-0.25, -0.2) is 4.79 Å². The first-order valence-corrected chi connectivity index (χ1v) is 5.76. The lowest BCUT2D eigenvalue weighted by molar-refractivity contribution is -0.182. The summed E-state index contributed by atoms with van der Waals surface area (Å²) in [5.41, 5.74) is 0. The van der Waals surface area contributed by atoms with Crippen molar-refractivity contribution in [3.8, 4) is 0 Å². The van der Waals surface area contributed by atoms with Gasteiger partial charge in [-0.2, -0.15) is 0 Å². The molecule has 1 heterocycles. The molecule has 0 spiro atoms. The van der Waals surface area contributed by atoms with Crippen LogP contribution in [0, 0.1) is 5.92 Å². The van der Waals surface area contributed by atoms with Crippen LogP contribution >= 0.6 is 0 Å². The van der Waals surface area contributed by atoms with Crippen LogP contribution in [0.1, 0.15) is 32.1 Å². The molecule has 0 aromatic carbocycles. The number of esters is 1. The second kappa shape index (κ2) is 4.82. The minimum Gasteiger partial charge on any atom is -0.449 e. The summed E-state index contributed by atoms with van der Waals surface area (Å²) in [5, 5.41) is 2.53. The highest BCUT2D eigenvalue weighted by molar-refractivity contribution is 5.91. The molecule has 5 heteroatoms. The van der Waals surface area contributed by atoms with Gasteiger partial charge in [0.15, 0.2) is 6.10 Å². The summed E-state index contributed by atoms with van der Waals surface area (Å²) in [6, 6.07) is 0. The molecule has 0 unspecified atom stereocenters. The highest BCUT2D eigenvalue weighted by atomic mass is 16.6. The summed E-state index contributed by atoms with van der Waals surface area (Å²) in [5.74, 6) is -0.536. The fourth-order valence-corrected chi connectivity index (χ4v) is 2.41. The first-order valence-electron chi connectivity index (χ1n) is 5.76. The van der Waals surface area contributed by atoms with Crippen LogP contribution in [0.5, 0.6) is 0 Å². The number of carbonyl (C=O) groups excluding carboxylic acids is 2. The predicted octanol–water partition coefficient (Wildman–Crippen LogP) is 0.581. The molecule has 2 atom stereocenters. The first-order chi connectivity index (χ1) is 7.72. The van der Waals surface area contributed by atoms with E-state index in [-0.39, 0.29) is 11.8 Å². The fraction of sp³-hybridized carbons (Fsp3) is 0.818. The van der Waals surface area contributed by atoms with E-state index in [0.717, 1.165) is 25.7 Å². The van der Waals surface area contributed by atoms with Gasteiger partial charge in [0.05, 0.1) is 0 Å². The molecule has 1 saturated heterocycles. The van der Waals surface area contributed by atoms with Gasteiger partial charge in [-0.3, -0.25) is 4.79 Å². The minimum absolute atomic E-state index is 0.176. The number of nitrogens with one attached hydrogen (secondary N) is 1. The van der Waals surface area contributed by atoms with Crippen LogP contribution in [0.2, 0.25) is 0 Å². The number of methoxy groups -OCH3 is 1. The van der Waals surface area contributed by atoms with Gasteiger partial charge in [0, 0.05) is 13.0 Å². The Morgan fingerprint density at radius 2 is 1.94 bits per heavy atom. The summed E-state index contributed by atoms with van der Waals surface area (Å²) in [4.78, 5) is 23.2. The Kier molecular flexibility index (Phi) is 3.43. The Labute approximate surface area is 94.5 Å². The van der Waals surface area contributed by atoms with Crippen molar-refractivity contribution in [1.82, 2.24) is 5.32 Å². The molecule has 0 aromatic rings. The van der Waals surface area contributed by atoms with Crippen LogP contribution in [0.3, 0.4) is 0 Å². The molecule has 2 aliphatic rings. The maximum absolute atomic E-state index is 11.7. The Hall–Kier alpha value is -1.10. The van der Waals surface area contributed by atoms with E-state index in [0.29, 0.717) is 0 Å². The zero-order valence-electron chi connectivity index (χ0n) is 9.40. The van der Waals surface area contributed by atoms with Crippen molar-refractivity contribution in [2.75, 3.05) is 7.11 Å². The molecule has 0 radical (unpaired) electrons. The quantitative estimate of drug-likeness (QED) is 0.701. The molecule has 5 nitrogen and oxygen atoms in total. The number of amides is 1. The Morgan fingerprint density at radius 3 is 2.56 bits per heavy atom. The van der Waals surface area contributed by atoms with Crippen molar-refractivity contribution < 1.29 is 19.1 Å². The fourth-order valence-electron chi connectivity index (χ4n) is 2.41. The van der Waals surface area contributed by atoms with E-state index in [2.05, 4.69) is 5.32 Å². The normalized spacial score (nSPS) is 32.1.